The number of aliphatic hydroxyl groups excluding tert-OH is 2. The second kappa shape index (κ2) is 21.6. The van der Waals surface area contributed by atoms with E-state index in [0.29, 0.717) is 51.3 Å². The number of hydrogen-bond acceptors (Lipinski definition) is 9. The quantitative estimate of drug-likeness (QED) is 0.0881. The van der Waals surface area contributed by atoms with E-state index in [9.17, 15) is 33.4 Å². The van der Waals surface area contributed by atoms with Gasteiger partial charge in [0.1, 0.15) is 12.3 Å². The van der Waals surface area contributed by atoms with Crippen molar-refractivity contribution in [2.45, 2.75) is 179 Å². The molecule has 4 aliphatic rings. The van der Waals surface area contributed by atoms with E-state index in [2.05, 4.69) is 58.9 Å². The van der Waals surface area contributed by atoms with Crippen molar-refractivity contribution in [1.29, 1.82) is 0 Å². The van der Waals surface area contributed by atoms with Crippen molar-refractivity contribution in [2.75, 3.05) is 19.8 Å². The molecular formula is C37H72F2O9Si3. The highest BCUT2D eigenvalue weighted by molar-refractivity contribution is 6.76. The van der Waals surface area contributed by atoms with E-state index < -0.39 is 48.8 Å². The number of alkyl halides is 2. The zero-order valence-corrected chi connectivity index (χ0v) is 35.3. The highest BCUT2D eigenvalue weighted by Gasteiger charge is 2.46. The summed E-state index contributed by atoms with van der Waals surface area (Å²) in [5.74, 6) is -1.14. The van der Waals surface area contributed by atoms with Crippen LogP contribution in [0.1, 0.15) is 65.2 Å². The van der Waals surface area contributed by atoms with Gasteiger partial charge >= 0.3 is 17.9 Å². The molecule has 0 amide bonds. The van der Waals surface area contributed by atoms with Gasteiger partial charge in [-0.15, -0.1) is 0 Å². The Bertz CT molecular complexity index is 1010. The van der Waals surface area contributed by atoms with Crippen molar-refractivity contribution in [3.63, 3.8) is 0 Å². The van der Waals surface area contributed by atoms with Gasteiger partial charge in [0.25, 0.3) is 0 Å². The fourth-order valence-corrected chi connectivity index (χ4v) is 8.13. The van der Waals surface area contributed by atoms with Crippen LogP contribution in [-0.4, -0.2) is 109 Å². The first-order valence-electron chi connectivity index (χ1n) is 18.8. The molecular weight excluding hydrogens is 711 g/mol. The number of hydrogen-bond donors (Lipinski definition) is 2. The zero-order valence-electron chi connectivity index (χ0n) is 32.3. The van der Waals surface area contributed by atoms with Crippen LogP contribution in [0.5, 0.6) is 0 Å². The van der Waals surface area contributed by atoms with Gasteiger partial charge in [-0.1, -0.05) is 66.3 Å². The summed E-state index contributed by atoms with van der Waals surface area (Å²) < 4.78 is 47.4. The summed E-state index contributed by atoms with van der Waals surface area (Å²) in [5.41, 5.74) is 0. The monoisotopic (exact) mass is 782 g/mol. The summed E-state index contributed by atoms with van der Waals surface area (Å²) in [6.07, 6.45) is 1.29. The Kier molecular flexibility index (Phi) is 20.3. The van der Waals surface area contributed by atoms with Crippen molar-refractivity contribution in [3.05, 3.63) is 0 Å². The van der Waals surface area contributed by atoms with E-state index >= 15 is 0 Å². The molecule has 1 aliphatic heterocycles. The lowest BCUT2D eigenvalue weighted by Crippen LogP contribution is -2.35. The Hall–Kier alpha value is -1.20. The molecule has 0 bridgehead atoms. The molecule has 14 heteroatoms. The molecule has 4 rings (SSSR count). The maximum Gasteiger partial charge on any atom is 0.309 e. The molecule has 2 N–H and O–H groups in total. The predicted molar refractivity (Wildman–Crippen MR) is 207 cm³/mol. The maximum atomic E-state index is 13.2. The van der Waals surface area contributed by atoms with Gasteiger partial charge in [-0.25, -0.2) is 8.78 Å². The van der Waals surface area contributed by atoms with Crippen molar-refractivity contribution < 1.29 is 52.3 Å². The molecule has 0 radical (unpaired) electrons. The lowest BCUT2D eigenvalue weighted by Gasteiger charge is -2.27. The Morgan fingerprint density at radius 1 is 0.549 bits per heavy atom. The largest absolute Gasteiger partial charge is 0.466 e. The topological polar surface area (TPSA) is 132 Å². The van der Waals surface area contributed by atoms with E-state index in [1.807, 2.05) is 0 Å². The lowest BCUT2D eigenvalue weighted by molar-refractivity contribution is -0.152. The minimum absolute atomic E-state index is 0. The average molecular weight is 783 g/mol. The van der Waals surface area contributed by atoms with Crippen LogP contribution in [0, 0.1) is 17.8 Å². The molecule has 0 spiro atoms. The number of epoxide rings is 1. The number of aliphatic hydroxyl groups is 2. The van der Waals surface area contributed by atoms with Gasteiger partial charge < -0.3 is 29.2 Å². The van der Waals surface area contributed by atoms with Gasteiger partial charge in [0.05, 0.1) is 62.0 Å². The van der Waals surface area contributed by atoms with Gasteiger partial charge in [0, 0.05) is 24.2 Å². The number of fused-ring (bicyclic) bond motifs is 1. The first-order valence-corrected chi connectivity index (χ1v) is 30.0. The smallest absolute Gasteiger partial charge is 0.309 e. The number of carbonyl (C=O) groups is 3. The highest BCUT2D eigenvalue weighted by Crippen LogP contribution is 2.40. The third-order valence-corrected chi connectivity index (χ3v) is 14.9. The summed E-state index contributed by atoms with van der Waals surface area (Å²) in [6, 6.07) is 2.95. The molecule has 3 saturated carbocycles. The fraction of sp³-hybridized carbons (Fsp3) is 0.919. The molecule has 3 aliphatic carbocycles. The predicted octanol–water partition coefficient (Wildman–Crippen LogP) is 7.81. The summed E-state index contributed by atoms with van der Waals surface area (Å²) in [5, 5.41) is 18.6. The standard InChI is InChI=1S/2C12H23FO3Si.C12H22O3Si.CH4/c1-17(2,3)7-6-16-12(15)9-4-5-11(14)10(13)8-9;1-17(2,3)7-6-16-12(15)9-4-5-10(13)11(14)8-9;1-16(2,3)7-6-14-12(13)9-4-5-10-11(8-9)15-10;/h2*9-11,14H,4-8H2,1-3H3;9-11H,4-8H2,1-3H3;1H4. The van der Waals surface area contributed by atoms with Crippen LogP contribution < -0.4 is 0 Å². The number of carbonyl (C=O) groups excluding carboxylic acids is 3. The number of esters is 3. The Balaban J connectivity index is 0.000000379. The van der Waals surface area contributed by atoms with E-state index in [1.54, 1.807) is 0 Å². The molecule has 1 saturated heterocycles. The molecule has 9 unspecified atom stereocenters. The third-order valence-electron chi connectivity index (χ3n) is 9.77. The molecule has 0 aromatic carbocycles. The Labute approximate surface area is 310 Å². The van der Waals surface area contributed by atoms with Crippen molar-refractivity contribution >= 4 is 42.1 Å². The maximum absolute atomic E-state index is 13.2. The van der Waals surface area contributed by atoms with Crippen molar-refractivity contribution in [1.82, 2.24) is 0 Å². The van der Waals surface area contributed by atoms with Crippen molar-refractivity contribution in [3.8, 4) is 0 Å². The van der Waals surface area contributed by atoms with Crippen LogP contribution in [0.15, 0.2) is 0 Å². The second-order valence-corrected chi connectivity index (χ2v) is 35.2. The third kappa shape index (κ3) is 20.2. The minimum Gasteiger partial charge on any atom is -0.466 e. The molecule has 4 fully saturated rings. The SMILES string of the molecule is C.C[Si](C)(C)CCOC(=O)C1CCC(F)C(O)C1.C[Si](C)(C)CCOC(=O)C1CCC(O)C(F)C1.C[Si](C)(C)CCOC(=O)C1CCC2OC2C1. The van der Waals surface area contributed by atoms with Crippen molar-refractivity contribution in [2.24, 2.45) is 17.8 Å². The Morgan fingerprint density at radius 3 is 1.33 bits per heavy atom. The molecule has 0 aromatic heterocycles. The molecule has 9 nitrogen and oxygen atoms in total. The molecule has 9 atom stereocenters. The zero-order chi connectivity index (χ0) is 37.9. The molecule has 51 heavy (non-hydrogen) atoms. The first kappa shape index (κ1) is 47.8. The van der Waals surface area contributed by atoms with Gasteiger partial charge in [0.15, 0.2) is 0 Å². The summed E-state index contributed by atoms with van der Waals surface area (Å²) in [7, 11) is -3.45. The second-order valence-electron chi connectivity index (χ2n) is 18.3. The summed E-state index contributed by atoms with van der Waals surface area (Å²) >= 11 is 0. The minimum atomic E-state index is -1.28. The average Bonchev–Trinajstić information content (AvgIpc) is 3.78. The van der Waals surface area contributed by atoms with Gasteiger partial charge in [-0.2, -0.15) is 0 Å². The fourth-order valence-electron chi connectivity index (χ4n) is 5.98. The van der Waals surface area contributed by atoms with E-state index in [0.717, 1.165) is 37.4 Å². The molecule has 0 aromatic rings. The number of rotatable bonds is 12. The number of ether oxygens (including phenoxy) is 4. The lowest BCUT2D eigenvalue weighted by atomic mass is 9.86. The number of halogens is 2. The van der Waals surface area contributed by atoms with Crippen LogP contribution in [0.2, 0.25) is 77.1 Å². The van der Waals surface area contributed by atoms with Gasteiger partial charge in [-0.05, 0) is 75.9 Å². The van der Waals surface area contributed by atoms with Gasteiger partial charge in [0.2, 0.25) is 0 Å². The Morgan fingerprint density at radius 2 is 0.941 bits per heavy atom. The molecule has 300 valence electrons. The van der Waals surface area contributed by atoms with E-state index in [4.69, 9.17) is 18.9 Å². The van der Waals surface area contributed by atoms with Crippen LogP contribution in [0.25, 0.3) is 0 Å². The van der Waals surface area contributed by atoms with E-state index in [1.165, 1.54) is 0 Å². The summed E-state index contributed by atoms with van der Waals surface area (Å²) in [4.78, 5) is 35.2. The van der Waals surface area contributed by atoms with Crippen LogP contribution in [0.4, 0.5) is 8.78 Å². The highest BCUT2D eigenvalue weighted by atomic mass is 28.3. The first-order chi connectivity index (χ1) is 23.0. The van der Waals surface area contributed by atoms with Crippen LogP contribution in [-0.2, 0) is 33.3 Å². The van der Waals surface area contributed by atoms with Gasteiger partial charge in [-0.3, -0.25) is 14.4 Å². The summed E-state index contributed by atoms with van der Waals surface area (Å²) in [6.45, 7) is 21.7. The van der Waals surface area contributed by atoms with E-state index in [-0.39, 0.29) is 62.4 Å². The van der Waals surface area contributed by atoms with Crippen LogP contribution >= 0.6 is 0 Å². The molecule has 1 heterocycles. The van der Waals surface area contributed by atoms with Crippen LogP contribution in [0.3, 0.4) is 0 Å². The normalized spacial score (nSPS) is 30.4.